The first-order valence-corrected chi connectivity index (χ1v) is 6.15. The smallest absolute Gasteiger partial charge is 0.199 e. The molecule has 98 valence electrons. The van der Waals surface area contributed by atoms with Crippen LogP contribution in [0.15, 0.2) is 67.0 Å². The monoisotopic (exact) mass is 266 g/mol. The highest BCUT2D eigenvalue weighted by molar-refractivity contribution is 6.08. The highest BCUT2D eigenvalue weighted by Gasteiger charge is 2.15. The molecule has 0 saturated heterocycles. The Bertz CT molecular complexity index is 750. The van der Waals surface area contributed by atoms with Gasteiger partial charge < -0.3 is 0 Å². The van der Waals surface area contributed by atoms with Gasteiger partial charge in [-0.05, 0) is 24.3 Å². The van der Waals surface area contributed by atoms with E-state index >= 15 is 0 Å². The molecule has 3 nitrogen and oxygen atoms in total. The van der Waals surface area contributed by atoms with Crippen LogP contribution in [0.3, 0.4) is 0 Å². The molecule has 0 aliphatic rings. The number of aromatic nitrogens is 2. The number of halogens is 1. The van der Waals surface area contributed by atoms with E-state index in [9.17, 15) is 9.18 Å². The lowest BCUT2D eigenvalue weighted by atomic mass is 10.1. The largest absolute Gasteiger partial charge is 0.288 e. The molecule has 0 unspecified atom stereocenters. The minimum absolute atomic E-state index is 0.0557. The Labute approximate surface area is 115 Å². The number of hydrogen-bond donors (Lipinski definition) is 0. The van der Waals surface area contributed by atoms with Crippen molar-refractivity contribution >= 4 is 5.78 Å². The number of rotatable bonds is 3. The Hall–Kier alpha value is -2.75. The fraction of sp³-hybridized carbons (Fsp3) is 0. The van der Waals surface area contributed by atoms with Crippen molar-refractivity contribution in [3.63, 3.8) is 0 Å². The van der Waals surface area contributed by atoms with E-state index in [-0.39, 0.29) is 11.3 Å². The first-order valence-electron chi connectivity index (χ1n) is 6.15. The van der Waals surface area contributed by atoms with Crippen molar-refractivity contribution in [2.24, 2.45) is 0 Å². The second-order valence-electron chi connectivity index (χ2n) is 4.32. The summed E-state index contributed by atoms with van der Waals surface area (Å²) < 4.78 is 15.2. The average Bonchev–Trinajstić information content (AvgIpc) is 2.98. The standard InChI is InChI=1S/C16H11FN2O/c17-15-9-5-4-8-14(15)16(20)12-10-18-19(11-12)13-6-2-1-3-7-13/h1-11H. The normalized spacial score (nSPS) is 10.4. The van der Waals surface area contributed by atoms with E-state index in [0.29, 0.717) is 5.56 Å². The summed E-state index contributed by atoms with van der Waals surface area (Å²) in [7, 11) is 0. The fourth-order valence-electron chi connectivity index (χ4n) is 1.96. The van der Waals surface area contributed by atoms with Gasteiger partial charge in [-0.2, -0.15) is 5.10 Å². The van der Waals surface area contributed by atoms with Crippen molar-refractivity contribution in [3.05, 3.63) is 83.9 Å². The van der Waals surface area contributed by atoms with E-state index in [0.717, 1.165) is 5.69 Å². The topological polar surface area (TPSA) is 34.9 Å². The number of carbonyl (C=O) groups is 1. The van der Waals surface area contributed by atoms with Gasteiger partial charge in [-0.15, -0.1) is 0 Å². The van der Waals surface area contributed by atoms with E-state index in [1.807, 2.05) is 30.3 Å². The number of hydrogen-bond acceptors (Lipinski definition) is 2. The quantitative estimate of drug-likeness (QED) is 0.682. The maximum absolute atomic E-state index is 13.6. The SMILES string of the molecule is O=C(c1cnn(-c2ccccc2)c1)c1ccccc1F. The predicted octanol–water partition coefficient (Wildman–Crippen LogP) is 3.24. The summed E-state index contributed by atoms with van der Waals surface area (Å²) in [5.41, 5.74) is 1.26. The van der Waals surface area contributed by atoms with Crippen molar-refractivity contribution in [2.45, 2.75) is 0 Å². The Morgan fingerprint density at radius 2 is 1.70 bits per heavy atom. The summed E-state index contributed by atoms with van der Waals surface area (Å²) in [5, 5.41) is 4.14. The molecule has 0 aliphatic carbocycles. The summed E-state index contributed by atoms with van der Waals surface area (Å²) >= 11 is 0. The zero-order valence-electron chi connectivity index (χ0n) is 10.5. The highest BCUT2D eigenvalue weighted by Crippen LogP contribution is 2.14. The molecule has 0 amide bonds. The van der Waals surface area contributed by atoms with Gasteiger partial charge in [0.15, 0.2) is 5.78 Å². The number of ketones is 1. The van der Waals surface area contributed by atoms with Gasteiger partial charge in [-0.3, -0.25) is 4.79 Å². The average molecular weight is 266 g/mol. The molecular formula is C16H11FN2O. The van der Waals surface area contributed by atoms with Crippen molar-refractivity contribution in [2.75, 3.05) is 0 Å². The van der Waals surface area contributed by atoms with Crippen LogP contribution in [0.5, 0.6) is 0 Å². The molecule has 0 atom stereocenters. The van der Waals surface area contributed by atoms with Crippen LogP contribution in [-0.2, 0) is 0 Å². The summed E-state index contributed by atoms with van der Waals surface area (Å²) in [4.78, 5) is 12.2. The lowest BCUT2D eigenvalue weighted by Crippen LogP contribution is -2.03. The lowest BCUT2D eigenvalue weighted by molar-refractivity contribution is 0.103. The Morgan fingerprint density at radius 1 is 1.00 bits per heavy atom. The van der Waals surface area contributed by atoms with Crippen LogP contribution in [0, 0.1) is 5.82 Å². The molecular weight excluding hydrogens is 255 g/mol. The van der Waals surface area contributed by atoms with Crippen molar-refractivity contribution in [1.82, 2.24) is 9.78 Å². The third kappa shape index (κ3) is 2.23. The number of carbonyl (C=O) groups excluding carboxylic acids is 1. The molecule has 3 aromatic rings. The molecule has 1 heterocycles. The molecule has 20 heavy (non-hydrogen) atoms. The lowest BCUT2D eigenvalue weighted by Gasteiger charge is -2.00. The number of para-hydroxylation sites is 1. The van der Waals surface area contributed by atoms with Gasteiger partial charge >= 0.3 is 0 Å². The van der Waals surface area contributed by atoms with Crippen LogP contribution >= 0.6 is 0 Å². The van der Waals surface area contributed by atoms with Gasteiger partial charge in [0.25, 0.3) is 0 Å². The third-order valence-corrected chi connectivity index (χ3v) is 2.98. The first kappa shape index (κ1) is 12.3. The fourth-order valence-corrected chi connectivity index (χ4v) is 1.96. The zero-order valence-corrected chi connectivity index (χ0v) is 10.5. The van der Waals surface area contributed by atoms with Crippen molar-refractivity contribution in [1.29, 1.82) is 0 Å². The molecule has 0 aliphatic heterocycles. The van der Waals surface area contributed by atoms with E-state index in [1.54, 1.807) is 23.0 Å². The maximum atomic E-state index is 13.6. The second kappa shape index (κ2) is 5.09. The molecule has 0 radical (unpaired) electrons. The molecule has 4 heteroatoms. The van der Waals surface area contributed by atoms with E-state index in [4.69, 9.17) is 0 Å². The molecule has 0 saturated carbocycles. The molecule has 0 spiro atoms. The Kier molecular flexibility index (Phi) is 3.13. The summed E-state index contributed by atoms with van der Waals surface area (Å²) in [6.07, 6.45) is 3.05. The molecule has 0 N–H and O–H groups in total. The molecule has 1 aromatic heterocycles. The van der Waals surface area contributed by atoms with Crippen LogP contribution in [0.1, 0.15) is 15.9 Å². The van der Waals surface area contributed by atoms with E-state index in [1.165, 1.54) is 18.3 Å². The minimum Gasteiger partial charge on any atom is -0.288 e. The van der Waals surface area contributed by atoms with E-state index in [2.05, 4.69) is 5.10 Å². The molecule has 3 rings (SSSR count). The van der Waals surface area contributed by atoms with Crippen LogP contribution in [-0.4, -0.2) is 15.6 Å². The Balaban J connectivity index is 1.95. The van der Waals surface area contributed by atoms with Gasteiger partial charge in [0.1, 0.15) is 5.82 Å². The summed E-state index contributed by atoms with van der Waals surface area (Å²) in [5.74, 6) is -0.893. The van der Waals surface area contributed by atoms with Gasteiger partial charge in [0.05, 0.1) is 23.0 Å². The number of benzene rings is 2. The second-order valence-corrected chi connectivity index (χ2v) is 4.32. The van der Waals surface area contributed by atoms with Gasteiger partial charge in [0, 0.05) is 6.20 Å². The van der Waals surface area contributed by atoms with Crippen molar-refractivity contribution in [3.8, 4) is 5.69 Å². The maximum Gasteiger partial charge on any atom is 0.199 e. The van der Waals surface area contributed by atoms with Gasteiger partial charge in [0.2, 0.25) is 0 Å². The van der Waals surface area contributed by atoms with Crippen LogP contribution in [0.25, 0.3) is 5.69 Å². The van der Waals surface area contributed by atoms with Crippen LogP contribution in [0.2, 0.25) is 0 Å². The van der Waals surface area contributed by atoms with Crippen LogP contribution in [0.4, 0.5) is 4.39 Å². The third-order valence-electron chi connectivity index (χ3n) is 2.98. The molecule has 0 fully saturated rings. The van der Waals surface area contributed by atoms with Crippen LogP contribution < -0.4 is 0 Å². The first-order chi connectivity index (χ1) is 9.75. The minimum atomic E-state index is -0.523. The molecule has 2 aromatic carbocycles. The van der Waals surface area contributed by atoms with Gasteiger partial charge in [-0.1, -0.05) is 30.3 Å². The summed E-state index contributed by atoms with van der Waals surface area (Å²) in [6, 6.07) is 15.4. The Morgan fingerprint density at radius 3 is 2.45 bits per heavy atom. The highest BCUT2D eigenvalue weighted by atomic mass is 19.1. The zero-order chi connectivity index (χ0) is 13.9. The summed E-state index contributed by atoms with van der Waals surface area (Å²) in [6.45, 7) is 0. The van der Waals surface area contributed by atoms with Gasteiger partial charge in [-0.25, -0.2) is 9.07 Å². The number of nitrogens with zero attached hydrogens (tertiary/aromatic N) is 2. The molecule has 0 bridgehead atoms. The predicted molar refractivity (Wildman–Crippen MR) is 73.4 cm³/mol. The van der Waals surface area contributed by atoms with E-state index < -0.39 is 5.82 Å². The van der Waals surface area contributed by atoms with Crippen molar-refractivity contribution < 1.29 is 9.18 Å².